The molecule has 0 radical (unpaired) electrons. The monoisotopic (exact) mass is 462 g/mol. The molecule has 162 valence electrons. The van der Waals surface area contributed by atoms with Crippen molar-refractivity contribution in [3.63, 3.8) is 0 Å². The van der Waals surface area contributed by atoms with Crippen LogP contribution in [0.1, 0.15) is 34.6 Å². The van der Waals surface area contributed by atoms with Gasteiger partial charge in [-0.2, -0.15) is 0 Å². The fourth-order valence-electron chi connectivity index (χ4n) is 3.55. The zero-order chi connectivity index (χ0) is 22.5. The molecule has 0 atom stereocenters. The van der Waals surface area contributed by atoms with Gasteiger partial charge in [0.25, 0.3) is 0 Å². The highest BCUT2D eigenvalue weighted by Crippen LogP contribution is 2.44. The summed E-state index contributed by atoms with van der Waals surface area (Å²) >= 11 is 0. The molecule has 0 amide bonds. The second-order valence-corrected chi connectivity index (χ2v) is 9.13. The van der Waals surface area contributed by atoms with Crippen LogP contribution in [-0.2, 0) is 9.47 Å². The second-order valence-electron chi connectivity index (χ2n) is 6.92. The second kappa shape index (κ2) is 10.1. The van der Waals surface area contributed by atoms with Crippen LogP contribution in [0.5, 0.6) is 0 Å². The number of fused-ring (bicyclic) bond motifs is 2. The first-order chi connectivity index (χ1) is 15.6. The lowest BCUT2D eigenvalue weighted by Gasteiger charge is -2.12. The van der Waals surface area contributed by atoms with Crippen molar-refractivity contribution in [1.82, 2.24) is 0 Å². The first-order valence-corrected chi connectivity index (χ1v) is 12.5. The van der Waals surface area contributed by atoms with Gasteiger partial charge in [0, 0.05) is 9.79 Å². The van der Waals surface area contributed by atoms with Crippen molar-refractivity contribution in [1.29, 1.82) is 0 Å². The topological polar surface area (TPSA) is 52.6 Å². The van der Waals surface area contributed by atoms with Crippen molar-refractivity contribution >= 4 is 55.1 Å². The van der Waals surface area contributed by atoms with Gasteiger partial charge in [-0.1, -0.05) is 70.1 Å². The lowest BCUT2D eigenvalue weighted by molar-refractivity contribution is 0.0519. The molecule has 4 nitrogen and oxygen atoms in total. The van der Waals surface area contributed by atoms with Crippen molar-refractivity contribution in [3.8, 4) is 0 Å². The van der Waals surface area contributed by atoms with E-state index in [0.717, 1.165) is 31.3 Å². The Morgan fingerprint density at radius 1 is 0.594 bits per heavy atom. The summed E-state index contributed by atoms with van der Waals surface area (Å²) in [7, 11) is 3.25. The molecule has 0 heterocycles. The maximum atomic E-state index is 12.4. The Labute approximate surface area is 194 Å². The predicted octanol–water partition coefficient (Wildman–Crippen LogP) is 7.15. The Morgan fingerprint density at radius 3 is 1.34 bits per heavy atom. The Bertz CT molecular complexity index is 1200. The van der Waals surface area contributed by atoms with Crippen LogP contribution in [0.15, 0.2) is 82.6 Å². The fraction of sp³-hybridized carbons (Fsp3) is 0.154. The number of hydrogen-bond donors (Lipinski definition) is 0. The Balaban J connectivity index is 1.67. The molecule has 32 heavy (non-hydrogen) atoms. The summed E-state index contributed by atoms with van der Waals surface area (Å²) in [6, 6.07) is 23.3. The number of benzene rings is 4. The first-order valence-electron chi connectivity index (χ1n) is 10.4. The number of esters is 2. The molecule has 0 spiro atoms. The quantitative estimate of drug-likeness (QED) is 0.215. The maximum absolute atomic E-state index is 12.4. The van der Waals surface area contributed by atoms with Gasteiger partial charge in [0.1, 0.15) is 0 Å². The van der Waals surface area contributed by atoms with Crippen molar-refractivity contribution in [2.75, 3.05) is 13.2 Å². The molecule has 0 fully saturated rings. The molecule has 0 saturated carbocycles. The molecule has 0 aliphatic rings. The van der Waals surface area contributed by atoms with Gasteiger partial charge in [0.05, 0.1) is 24.3 Å². The third-order valence-corrected chi connectivity index (χ3v) is 7.46. The van der Waals surface area contributed by atoms with E-state index < -0.39 is 0 Å². The third kappa shape index (κ3) is 4.47. The summed E-state index contributed by atoms with van der Waals surface area (Å²) in [5, 5.41) is 3.75. The van der Waals surface area contributed by atoms with Crippen LogP contribution in [0, 0.1) is 0 Å². The van der Waals surface area contributed by atoms with Crippen molar-refractivity contribution < 1.29 is 19.1 Å². The van der Waals surface area contributed by atoms with Crippen LogP contribution in [0.25, 0.3) is 21.5 Å². The summed E-state index contributed by atoms with van der Waals surface area (Å²) in [6.07, 6.45) is 0. The van der Waals surface area contributed by atoms with E-state index in [4.69, 9.17) is 9.47 Å². The van der Waals surface area contributed by atoms with Crippen LogP contribution in [0.2, 0.25) is 0 Å². The minimum Gasteiger partial charge on any atom is -0.462 e. The van der Waals surface area contributed by atoms with Gasteiger partial charge in [-0.25, -0.2) is 9.59 Å². The van der Waals surface area contributed by atoms with E-state index in [1.807, 2.05) is 72.8 Å². The maximum Gasteiger partial charge on any atom is 0.338 e. The molecule has 0 unspecified atom stereocenters. The lowest BCUT2D eigenvalue weighted by atomic mass is 10.0. The number of ether oxygens (including phenoxy) is 2. The molecule has 4 aromatic rings. The minimum absolute atomic E-state index is 0.312. The number of carbonyl (C=O) groups excluding carboxylic acids is 2. The SMILES string of the molecule is CCOC(=O)c1ccc(SSc2ccc(C(=O)OCC)c3ccccc23)c2ccccc12. The standard InChI is InChI=1S/C26H22O4S2/c1-3-29-25(27)21-13-15-23(19-11-7-5-9-17(19)21)31-32-24-16-14-22(26(28)30-4-2)18-10-6-8-12-20(18)24/h5-16H,3-4H2,1-2H3. The number of hydrogen-bond acceptors (Lipinski definition) is 6. The molecule has 4 aromatic carbocycles. The van der Waals surface area contributed by atoms with E-state index >= 15 is 0 Å². The molecular formula is C26H22O4S2. The van der Waals surface area contributed by atoms with Crippen molar-refractivity contribution in [2.45, 2.75) is 23.6 Å². The van der Waals surface area contributed by atoms with E-state index in [0.29, 0.717) is 24.3 Å². The van der Waals surface area contributed by atoms with Crippen LogP contribution >= 0.6 is 21.6 Å². The Hall–Kier alpha value is -2.96. The Kier molecular flexibility index (Phi) is 7.02. The van der Waals surface area contributed by atoms with E-state index in [2.05, 4.69) is 0 Å². The first kappa shape index (κ1) is 22.2. The van der Waals surface area contributed by atoms with E-state index in [9.17, 15) is 9.59 Å². The zero-order valence-corrected chi connectivity index (χ0v) is 19.4. The summed E-state index contributed by atoms with van der Waals surface area (Å²) in [5.74, 6) is -0.623. The van der Waals surface area contributed by atoms with Crippen LogP contribution in [0.4, 0.5) is 0 Å². The van der Waals surface area contributed by atoms with Gasteiger partial charge >= 0.3 is 11.9 Å². The molecule has 0 saturated heterocycles. The minimum atomic E-state index is -0.312. The molecule has 6 heteroatoms. The van der Waals surface area contributed by atoms with Gasteiger partial charge in [-0.3, -0.25) is 0 Å². The largest absolute Gasteiger partial charge is 0.462 e. The lowest BCUT2D eigenvalue weighted by Crippen LogP contribution is -2.05. The highest BCUT2D eigenvalue weighted by molar-refractivity contribution is 8.76. The van der Waals surface area contributed by atoms with Crippen LogP contribution in [-0.4, -0.2) is 25.2 Å². The zero-order valence-electron chi connectivity index (χ0n) is 17.8. The van der Waals surface area contributed by atoms with Gasteiger partial charge in [-0.05, 0) is 59.7 Å². The number of carbonyl (C=O) groups is 2. The highest BCUT2D eigenvalue weighted by Gasteiger charge is 2.16. The summed E-state index contributed by atoms with van der Waals surface area (Å²) in [5.41, 5.74) is 1.14. The third-order valence-electron chi connectivity index (χ3n) is 4.98. The van der Waals surface area contributed by atoms with Gasteiger partial charge < -0.3 is 9.47 Å². The molecule has 0 bridgehead atoms. The van der Waals surface area contributed by atoms with E-state index in [1.54, 1.807) is 35.4 Å². The van der Waals surface area contributed by atoms with Crippen LogP contribution in [0.3, 0.4) is 0 Å². The van der Waals surface area contributed by atoms with Gasteiger partial charge in [-0.15, -0.1) is 0 Å². The molecule has 4 rings (SSSR count). The highest BCUT2D eigenvalue weighted by atomic mass is 33.1. The van der Waals surface area contributed by atoms with E-state index in [-0.39, 0.29) is 11.9 Å². The summed E-state index contributed by atoms with van der Waals surface area (Å²) < 4.78 is 10.4. The van der Waals surface area contributed by atoms with Gasteiger partial charge in [0.15, 0.2) is 0 Å². The summed E-state index contributed by atoms with van der Waals surface area (Å²) in [6.45, 7) is 4.29. The normalized spacial score (nSPS) is 10.9. The number of rotatable bonds is 7. The molecule has 0 aromatic heterocycles. The fourth-order valence-corrected chi connectivity index (χ4v) is 5.92. The van der Waals surface area contributed by atoms with Gasteiger partial charge in [0.2, 0.25) is 0 Å². The van der Waals surface area contributed by atoms with E-state index in [1.165, 1.54) is 0 Å². The average Bonchev–Trinajstić information content (AvgIpc) is 2.82. The molecule has 0 N–H and O–H groups in total. The molecular weight excluding hydrogens is 440 g/mol. The Morgan fingerprint density at radius 2 is 0.969 bits per heavy atom. The predicted molar refractivity (Wildman–Crippen MR) is 132 cm³/mol. The summed E-state index contributed by atoms with van der Waals surface area (Å²) in [4.78, 5) is 26.8. The van der Waals surface area contributed by atoms with Crippen LogP contribution < -0.4 is 0 Å². The van der Waals surface area contributed by atoms with Crippen molar-refractivity contribution in [2.24, 2.45) is 0 Å². The molecule has 0 aliphatic heterocycles. The molecule has 0 aliphatic carbocycles. The van der Waals surface area contributed by atoms with Crippen molar-refractivity contribution in [3.05, 3.63) is 83.9 Å². The average molecular weight is 463 g/mol. The smallest absolute Gasteiger partial charge is 0.338 e.